The predicted octanol–water partition coefficient (Wildman–Crippen LogP) is 2.51. The highest BCUT2D eigenvalue weighted by molar-refractivity contribution is 8.01. The van der Waals surface area contributed by atoms with E-state index in [1.54, 1.807) is 23.9 Å². The number of carbonyl (C=O) groups excluding carboxylic acids is 1. The van der Waals surface area contributed by atoms with Crippen molar-refractivity contribution in [2.75, 3.05) is 28.2 Å². The van der Waals surface area contributed by atoms with Crippen molar-refractivity contribution < 1.29 is 17.9 Å². The Morgan fingerprint density at radius 3 is 2.93 bits per heavy atom. The largest absolute Gasteiger partial charge is 0.476 e. The summed E-state index contributed by atoms with van der Waals surface area (Å²) in [6, 6.07) is 5.21. The van der Waals surface area contributed by atoms with Crippen LogP contribution in [0.1, 0.15) is 18.9 Å². The van der Waals surface area contributed by atoms with E-state index in [1.165, 1.54) is 15.6 Å². The van der Waals surface area contributed by atoms with Gasteiger partial charge in [-0.3, -0.25) is 14.4 Å². The fourth-order valence-electron chi connectivity index (χ4n) is 2.51. The fourth-order valence-corrected chi connectivity index (χ4v) is 5.09. The number of amides is 1. The van der Waals surface area contributed by atoms with E-state index in [4.69, 9.17) is 4.74 Å². The predicted molar refractivity (Wildman–Crippen MR) is 107 cm³/mol. The number of benzene rings is 1. The minimum Gasteiger partial charge on any atom is -0.476 e. The number of nitrogens with zero attached hydrogens (tertiary/aromatic N) is 3. The van der Waals surface area contributed by atoms with Crippen LogP contribution in [-0.4, -0.2) is 49.2 Å². The summed E-state index contributed by atoms with van der Waals surface area (Å²) in [6.07, 6.45) is 1.15. The Hall–Kier alpha value is -1.85. The maximum Gasteiger partial charge on any atom is 0.269 e. The molecule has 146 valence electrons. The Morgan fingerprint density at radius 2 is 2.22 bits per heavy atom. The number of fused-ring (bicyclic) bond motifs is 1. The third kappa shape index (κ3) is 4.71. The van der Waals surface area contributed by atoms with Gasteiger partial charge in [0, 0.05) is 5.75 Å². The van der Waals surface area contributed by atoms with Crippen LogP contribution in [0.3, 0.4) is 0 Å². The quantitative estimate of drug-likeness (QED) is 0.557. The molecule has 0 bridgehead atoms. The number of sulfonamides is 1. The first-order valence-electron chi connectivity index (χ1n) is 8.30. The van der Waals surface area contributed by atoms with Gasteiger partial charge in [-0.05, 0) is 31.0 Å². The van der Waals surface area contributed by atoms with Gasteiger partial charge in [-0.25, -0.2) is 8.42 Å². The van der Waals surface area contributed by atoms with Crippen molar-refractivity contribution in [3.05, 3.63) is 23.8 Å². The lowest BCUT2D eigenvalue weighted by atomic mass is 10.1. The molecule has 0 fully saturated rings. The molecule has 11 heteroatoms. The van der Waals surface area contributed by atoms with Gasteiger partial charge in [0.15, 0.2) is 10.4 Å². The fraction of sp³-hybridized carbons (Fsp3) is 0.438. The number of ether oxygens (including phenoxy) is 1. The average Bonchev–Trinajstić information content (AvgIpc) is 3.05. The first kappa shape index (κ1) is 19.9. The molecule has 0 saturated heterocycles. The lowest BCUT2D eigenvalue weighted by Crippen LogP contribution is -2.48. The standard InChI is InChI=1S/C16H20N4O4S3/c1-4-7-25-16-19-18-15(26-16)17-14(21)13-9-20(27(3,22)23)11-8-10(2)5-6-12(11)24-13/h5-6,8,13H,4,7,9H2,1-3H3,(H,17,18,21)/t13-/m0/s1. The second-order valence-electron chi connectivity index (χ2n) is 6.08. The molecule has 8 nitrogen and oxygen atoms in total. The molecular formula is C16H20N4O4S3. The Kier molecular flexibility index (Phi) is 5.92. The Labute approximate surface area is 166 Å². The number of anilines is 2. The summed E-state index contributed by atoms with van der Waals surface area (Å²) >= 11 is 2.85. The molecular weight excluding hydrogens is 408 g/mol. The van der Waals surface area contributed by atoms with Crippen LogP contribution >= 0.6 is 23.1 Å². The summed E-state index contributed by atoms with van der Waals surface area (Å²) in [5, 5.41) is 11.0. The Bertz CT molecular complexity index is 945. The zero-order valence-corrected chi connectivity index (χ0v) is 17.6. The van der Waals surface area contributed by atoms with E-state index in [-0.39, 0.29) is 6.54 Å². The highest BCUT2D eigenvalue weighted by Crippen LogP contribution is 2.36. The van der Waals surface area contributed by atoms with Gasteiger partial charge in [0.2, 0.25) is 15.2 Å². The molecule has 1 N–H and O–H groups in total. The number of carbonyl (C=O) groups is 1. The second kappa shape index (κ2) is 8.03. The first-order valence-corrected chi connectivity index (χ1v) is 11.9. The minimum atomic E-state index is -3.56. The summed E-state index contributed by atoms with van der Waals surface area (Å²) < 4.78 is 32.1. The lowest BCUT2D eigenvalue weighted by molar-refractivity contribution is -0.122. The summed E-state index contributed by atoms with van der Waals surface area (Å²) in [4.78, 5) is 12.6. The molecule has 0 spiro atoms. The first-order chi connectivity index (χ1) is 12.8. The van der Waals surface area contributed by atoms with Crippen molar-refractivity contribution in [3.63, 3.8) is 0 Å². The highest BCUT2D eigenvalue weighted by Gasteiger charge is 2.35. The number of thioether (sulfide) groups is 1. The van der Waals surface area contributed by atoms with E-state index in [1.807, 2.05) is 13.0 Å². The molecule has 3 rings (SSSR count). The summed E-state index contributed by atoms with van der Waals surface area (Å²) in [5.74, 6) is 0.820. The van der Waals surface area contributed by atoms with Crippen LogP contribution in [0, 0.1) is 6.92 Å². The van der Waals surface area contributed by atoms with E-state index in [0.717, 1.165) is 28.3 Å². The van der Waals surface area contributed by atoms with Crippen molar-refractivity contribution in [3.8, 4) is 5.75 Å². The van der Waals surface area contributed by atoms with Gasteiger partial charge < -0.3 is 4.74 Å². The van der Waals surface area contributed by atoms with Crippen LogP contribution in [0.25, 0.3) is 0 Å². The van der Waals surface area contributed by atoms with Crippen LogP contribution < -0.4 is 14.4 Å². The summed E-state index contributed by atoms with van der Waals surface area (Å²) in [7, 11) is -3.56. The van der Waals surface area contributed by atoms with Crippen molar-refractivity contribution >= 4 is 49.8 Å². The van der Waals surface area contributed by atoms with Crippen molar-refractivity contribution in [1.29, 1.82) is 0 Å². The maximum atomic E-state index is 12.6. The molecule has 1 aromatic carbocycles. The van der Waals surface area contributed by atoms with Crippen LogP contribution in [0.15, 0.2) is 22.5 Å². The molecule has 1 amide bonds. The molecule has 1 aliphatic rings. The Morgan fingerprint density at radius 1 is 1.44 bits per heavy atom. The summed E-state index contributed by atoms with van der Waals surface area (Å²) in [5.41, 5.74) is 1.34. The van der Waals surface area contributed by atoms with Crippen molar-refractivity contribution in [1.82, 2.24) is 10.2 Å². The number of hydrogen-bond donors (Lipinski definition) is 1. The molecule has 2 aromatic rings. The number of aromatic nitrogens is 2. The normalized spacial score (nSPS) is 16.6. The summed E-state index contributed by atoms with van der Waals surface area (Å²) in [6.45, 7) is 3.84. The Balaban J connectivity index is 1.78. The van der Waals surface area contributed by atoms with Crippen molar-refractivity contribution in [2.24, 2.45) is 0 Å². The van der Waals surface area contributed by atoms with E-state index >= 15 is 0 Å². The number of rotatable bonds is 6. The molecule has 1 aromatic heterocycles. The molecule has 0 unspecified atom stereocenters. The van der Waals surface area contributed by atoms with Crippen LogP contribution in [0.4, 0.5) is 10.8 Å². The maximum absolute atomic E-state index is 12.6. The third-order valence-electron chi connectivity index (χ3n) is 3.74. The zero-order valence-electron chi connectivity index (χ0n) is 15.1. The number of aryl methyl sites for hydroxylation is 1. The zero-order chi connectivity index (χ0) is 19.6. The molecule has 1 atom stereocenters. The second-order valence-corrected chi connectivity index (χ2v) is 10.3. The van der Waals surface area contributed by atoms with Gasteiger partial charge in [-0.2, -0.15) is 0 Å². The van der Waals surface area contributed by atoms with Crippen LogP contribution in [-0.2, 0) is 14.8 Å². The van der Waals surface area contributed by atoms with Crippen LogP contribution in [0.5, 0.6) is 5.75 Å². The van der Waals surface area contributed by atoms with E-state index in [9.17, 15) is 13.2 Å². The highest BCUT2D eigenvalue weighted by atomic mass is 32.2. The molecule has 1 aliphatic heterocycles. The third-order valence-corrected chi connectivity index (χ3v) is 7.07. The minimum absolute atomic E-state index is 0.0998. The molecule has 0 saturated carbocycles. The molecule has 2 heterocycles. The van der Waals surface area contributed by atoms with Crippen molar-refractivity contribution in [2.45, 2.75) is 30.7 Å². The van der Waals surface area contributed by atoms with Gasteiger partial charge >= 0.3 is 0 Å². The van der Waals surface area contributed by atoms with Gasteiger partial charge in [0.05, 0.1) is 18.5 Å². The van der Waals surface area contributed by atoms with E-state index in [0.29, 0.717) is 16.6 Å². The monoisotopic (exact) mass is 428 g/mol. The van der Waals surface area contributed by atoms with E-state index < -0.39 is 22.0 Å². The number of hydrogen-bond acceptors (Lipinski definition) is 8. The van der Waals surface area contributed by atoms with Gasteiger partial charge in [-0.1, -0.05) is 36.1 Å². The van der Waals surface area contributed by atoms with Gasteiger partial charge in [-0.15, -0.1) is 10.2 Å². The lowest BCUT2D eigenvalue weighted by Gasteiger charge is -2.34. The van der Waals surface area contributed by atoms with E-state index in [2.05, 4.69) is 22.4 Å². The van der Waals surface area contributed by atoms with Gasteiger partial charge in [0.25, 0.3) is 5.91 Å². The topological polar surface area (TPSA) is 101 Å². The molecule has 27 heavy (non-hydrogen) atoms. The molecule has 0 radical (unpaired) electrons. The smallest absolute Gasteiger partial charge is 0.269 e. The van der Waals surface area contributed by atoms with Crippen LogP contribution in [0.2, 0.25) is 0 Å². The SMILES string of the molecule is CCCSc1nnc(NC(=O)[C@@H]2CN(S(C)(=O)=O)c3cc(C)ccc3O2)s1. The molecule has 0 aliphatic carbocycles. The number of nitrogens with one attached hydrogen (secondary N) is 1. The average molecular weight is 429 g/mol. The van der Waals surface area contributed by atoms with Gasteiger partial charge in [0.1, 0.15) is 5.75 Å².